The van der Waals surface area contributed by atoms with Gasteiger partial charge in [0.05, 0.1) is 12.7 Å². The summed E-state index contributed by atoms with van der Waals surface area (Å²) in [6, 6.07) is 5.61. The summed E-state index contributed by atoms with van der Waals surface area (Å²) in [5, 5.41) is 10.0. The summed E-state index contributed by atoms with van der Waals surface area (Å²) in [6.07, 6.45) is 0. The molecular weight excluding hydrogens is 237 g/mol. The van der Waals surface area contributed by atoms with Crippen molar-refractivity contribution in [2.45, 2.75) is 6.92 Å². The van der Waals surface area contributed by atoms with E-state index in [4.69, 9.17) is 0 Å². The van der Waals surface area contributed by atoms with Gasteiger partial charge in [-0.2, -0.15) is 0 Å². The molecule has 1 N–H and O–H groups in total. The third-order valence-electron chi connectivity index (χ3n) is 2.45. The van der Waals surface area contributed by atoms with Crippen molar-refractivity contribution in [3.05, 3.63) is 41.2 Å². The van der Waals surface area contributed by atoms with Crippen molar-refractivity contribution in [3.63, 3.8) is 0 Å². The summed E-state index contributed by atoms with van der Waals surface area (Å²) in [5.41, 5.74) is 0.0496. The molecule has 0 aromatic heterocycles. The van der Waals surface area contributed by atoms with Gasteiger partial charge >= 0.3 is 5.97 Å². The Morgan fingerprint density at radius 1 is 1.39 bits per heavy atom. The number of aliphatic hydroxyl groups is 1. The molecule has 0 aliphatic rings. The highest BCUT2D eigenvalue weighted by atomic mass is 19.1. The molecular formula is C13H14FNO3. The second-order valence-electron chi connectivity index (χ2n) is 3.50. The number of aliphatic hydroxyl groups excluding tert-OH is 1. The van der Waals surface area contributed by atoms with Crippen molar-refractivity contribution < 1.29 is 19.0 Å². The van der Waals surface area contributed by atoms with Gasteiger partial charge in [0, 0.05) is 12.8 Å². The van der Waals surface area contributed by atoms with Crippen molar-refractivity contribution in [1.29, 1.82) is 0 Å². The van der Waals surface area contributed by atoms with Crippen LogP contribution in [0.5, 0.6) is 0 Å². The first-order chi connectivity index (χ1) is 8.52. The molecule has 0 bridgehead atoms. The summed E-state index contributed by atoms with van der Waals surface area (Å²) >= 11 is 0. The second kappa shape index (κ2) is 5.95. The summed E-state index contributed by atoms with van der Waals surface area (Å²) in [5.74, 6) is -1.87. The third kappa shape index (κ3) is 2.74. The number of methoxy groups -OCH3 is 1. The maximum Gasteiger partial charge on any atom is 0.343 e. The molecule has 0 saturated heterocycles. The Morgan fingerprint density at radius 3 is 2.50 bits per heavy atom. The Kier molecular flexibility index (Phi) is 4.59. The fourth-order valence-corrected chi connectivity index (χ4v) is 1.42. The molecule has 0 unspecified atom stereocenters. The van der Waals surface area contributed by atoms with Crippen LogP contribution in [0.3, 0.4) is 0 Å². The molecule has 0 saturated carbocycles. The molecule has 0 aliphatic carbocycles. The van der Waals surface area contributed by atoms with Crippen molar-refractivity contribution in [3.8, 4) is 0 Å². The molecule has 18 heavy (non-hydrogen) atoms. The van der Waals surface area contributed by atoms with Crippen LogP contribution < -0.4 is 0 Å². The largest absolute Gasteiger partial charge is 0.506 e. The minimum Gasteiger partial charge on any atom is -0.506 e. The Labute approximate surface area is 104 Å². The van der Waals surface area contributed by atoms with E-state index in [9.17, 15) is 14.3 Å². The number of halogens is 1. The Bertz CT molecular complexity index is 521. The van der Waals surface area contributed by atoms with Gasteiger partial charge in [-0.3, -0.25) is 4.99 Å². The number of rotatable bonds is 3. The lowest BCUT2D eigenvalue weighted by Gasteiger charge is -2.09. The number of carbonyl (C=O) groups is 1. The van der Waals surface area contributed by atoms with Gasteiger partial charge in [-0.1, -0.05) is 12.1 Å². The van der Waals surface area contributed by atoms with Crippen LogP contribution in [0, 0.1) is 5.82 Å². The molecule has 1 aromatic rings. The smallest absolute Gasteiger partial charge is 0.343 e. The average molecular weight is 251 g/mol. The lowest BCUT2D eigenvalue weighted by molar-refractivity contribution is -0.135. The SMILES string of the molecule is CN=C(C)/C(C(=O)OC)=C(\O)c1ccccc1F. The maximum absolute atomic E-state index is 13.5. The zero-order chi connectivity index (χ0) is 13.7. The van der Waals surface area contributed by atoms with Crippen LogP contribution in [0.4, 0.5) is 4.39 Å². The van der Waals surface area contributed by atoms with E-state index in [0.717, 1.165) is 0 Å². The second-order valence-corrected chi connectivity index (χ2v) is 3.50. The highest BCUT2D eigenvalue weighted by Gasteiger charge is 2.21. The highest BCUT2D eigenvalue weighted by molar-refractivity contribution is 6.23. The van der Waals surface area contributed by atoms with E-state index in [1.807, 2.05) is 0 Å². The standard InChI is InChI=1S/C13H14FNO3/c1-8(15-2)11(13(17)18-3)12(16)9-6-4-5-7-10(9)14/h4-7,16H,1-3H3/b12-11+,15-8?. The fraction of sp³-hybridized carbons (Fsp3) is 0.231. The molecule has 5 heteroatoms. The summed E-state index contributed by atoms with van der Waals surface area (Å²) in [4.78, 5) is 15.4. The molecule has 1 rings (SSSR count). The first kappa shape index (κ1) is 13.9. The molecule has 0 spiro atoms. The zero-order valence-corrected chi connectivity index (χ0v) is 10.4. The van der Waals surface area contributed by atoms with E-state index in [2.05, 4.69) is 9.73 Å². The van der Waals surface area contributed by atoms with Crippen LogP contribution in [0.15, 0.2) is 34.8 Å². The van der Waals surface area contributed by atoms with Crippen LogP contribution >= 0.6 is 0 Å². The summed E-state index contributed by atoms with van der Waals surface area (Å²) in [6.45, 7) is 1.53. The molecule has 0 heterocycles. The van der Waals surface area contributed by atoms with Crippen molar-refractivity contribution in [2.24, 2.45) is 4.99 Å². The number of ether oxygens (including phenoxy) is 1. The highest BCUT2D eigenvalue weighted by Crippen LogP contribution is 2.21. The van der Waals surface area contributed by atoms with Crippen LogP contribution in [-0.4, -0.2) is 30.9 Å². The van der Waals surface area contributed by atoms with Crippen LogP contribution in [0.1, 0.15) is 12.5 Å². The lowest BCUT2D eigenvalue weighted by atomic mass is 10.0. The number of hydrogen-bond donors (Lipinski definition) is 1. The summed E-state index contributed by atoms with van der Waals surface area (Å²) < 4.78 is 18.1. The minimum atomic E-state index is -0.765. The van der Waals surface area contributed by atoms with Crippen LogP contribution in [0.2, 0.25) is 0 Å². The number of carbonyl (C=O) groups excluding carboxylic acids is 1. The predicted octanol–water partition coefficient (Wildman–Crippen LogP) is 2.36. The number of nitrogens with zero attached hydrogens (tertiary/aromatic N) is 1. The van der Waals surface area contributed by atoms with E-state index in [1.165, 1.54) is 39.3 Å². The van der Waals surface area contributed by atoms with E-state index in [1.54, 1.807) is 6.07 Å². The van der Waals surface area contributed by atoms with Crippen molar-refractivity contribution in [1.82, 2.24) is 0 Å². The van der Waals surface area contributed by atoms with Gasteiger partial charge in [0.25, 0.3) is 0 Å². The van der Waals surface area contributed by atoms with E-state index in [-0.39, 0.29) is 16.8 Å². The van der Waals surface area contributed by atoms with Crippen LogP contribution in [-0.2, 0) is 9.53 Å². The van der Waals surface area contributed by atoms with Gasteiger partial charge in [0.2, 0.25) is 0 Å². The molecule has 0 amide bonds. The van der Waals surface area contributed by atoms with Gasteiger partial charge in [-0.15, -0.1) is 0 Å². The molecule has 0 radical (unpaired) electrons. The first-order valence-corrected chi connectivity index (χ1v) is 5.23. The molecule has 1 aromatic carbocycles. The maximum atomic E-state index is 13.5. The van der Waals surface area contributed by atoms with Gasteiger partial charge in [0.1, 0.15) is 17.1 Å². The molecule has 0 atom stereocenters. The van der Waals surface area contributed by atoms with Crippen molar-refractivity contribution in [2.75, 3.05) is 14.2 Å². The minimum absolute atomic E-state index is 0.0686. The zero-order valence-electron chi connectivity index (χ0n) is 10.4. The van der Waals surface area contributed by atoms with Gasteiger partial charge in [-0.05, 0) is 19.1 Å². The normalized spacial score (nSPS) is 13.0. The Hall–Kier alpha value is -2.17. The molecule has 0 fully saturated rings. The number of esters is 1. The number of aliphatic imine (C=N–C) groups is 1. The van der Waals surface area contributed by atoms with Gasteiger partial charge in [-0.25, -0.2) is 9.18 Å². The monoisotopic (exact) mass is 251 g/mol. The Balaban J connectivity index is 3.46. The Morgan fingerprint density at radius 2 is 2.00 bits per heavy atom. The van der Waals surface area contributed by atoms with E-state index in [0.29, 0.717) is 0 Å². The first-order valence-electron chi connectivity index (χ1n) is 5.23. The van der Waals surface area contributed by atoms with E-state index < -0.39 is 17.5 Å². The number of hydrogen-bond acceptors (Lipinski definition) is 4. The van der Waals surface area contributed by atoms with Crippen molar-refractivity contribution >= 4 is 17.4 Å². The molecule has 4 nitrogen and oxygen atoms in total. The predicted molar refractivity (Wildman–Crippen MR) is 67.0 cm³/mol. The molecule has 0 aliphatic heterocycles. The topological polar surface area (TPSA) is 58.9 Å². The average Bonchev–Trinajstić information content (AvgIpc) is 2.38. The quantitative estimate of drug-likeness (QED) is 0.388. The third-order valence-corrected chi connectivity index (χ3v) is 2.45. The summed E-state index contributed by atoms with van der Waals surface area (Å²) in [7, 11) is 2.65. The molecule has 96 valence electrons. The van der Waals surface area contributed by atoms with Gasteiger partial charge in [0.15, 0.2) is 0 Å². The number of benzene rings is 1. The van der Waals surface area contributed by atoms with Crippen LogP contribution in [0.25, 0.3) is 5.76 Å². The van der Waals surface area contributed by atoms with E-state index >= 15 is 0 Å². The lowest BCUT2D eigenvalue weighted by Crippen LogP contribution is -2.15. The fourth-order valence-electron chi connectivity index (χ4n) is 1.42. The van der Waals surface area contributed by atoms with Gasteiger partial charge < -0.3 is 9.84 Å².